The van der Waals surface area contributed by atoms with Gasteiger partial charge in [-0.2, -0.15) is 0 Å². The molecule has 1 aromatic rings. The maximum atomic E-state index is 11.9. The summed E-state index contributed by atoms with van der Waals surface area (Å²) in [6, 6.07) is 1.47. The zero-order chi connectivity index (χ0) is 15.4. The molecule has 0 bridgehead atoms. The van der Waals surface area contributed by atoms with Crippen LogP contribution in [0.25, 0.3) is 0 Å². The van der Waals surface area contributed by atoms with Crippen molar-refractivity contribution in [3.8, 4) is 5.75 Å². The Morgan fingerprint density at radius 1 is 1.33 bits per heavy atom. The van der Waals surface area contributed by atoms with Crippen molar-refractivity contribution in [2.75, 3.05) is 26.6 Å². The van der Waals surface area contributed by atoms with Gasteiger partial charge in [-0.05, 0) is 19.3 Å². The van der Waals surface area contributed by atoms with E-state index in [1.54, 1.807) is 7.11 Å². The van der Waals surface area contributed by atoms with Crippen molar-refractivity contribution in [2.45, 2.75) is 31.4 Å². The average Bonchev–Trinajstić information content (AvgIpc) is 2.93. The molecular formula is C14H19NO6. The molecule has 1 aliphatic carbocycles. The number of methoxy groups -OCH3 is 3. The van der Waals surface area contributed by atoms with Crippen molar-refractivity contribution >= 4 is 11.7 Å². The SMILES string of the molecule is COC(=O)c1cc(NC2CCCC2OC)c(OC)c(=O)o1. The molecule has 0 radical (unpaired) electrons. The monoisotopic (exact) mass is 297 g/mol. The van der Waals surface area contributed by atoms with Gasteiger partial charge in [0.15, 0.2) is 0 Å². The van der Waals surface area contributed by atoms with E-state index in [0.29, 0.717) is 5.69 Å². The number of hydrogen-bond acceptors (Lipinski definition) is 7. The molecule has 1 saturated carbocycles. The molecule has 1 aromatic heterocycles. The normalized spacial score (nSPS) is 21.1. The lowest BCUT2D eigenvalue weighted by Crippen LogP contribution is -2.30. The number of carbonyl (C=O) groups is 1. The molecule has 7 heteroatoms. The van der Waals surface area contributed by atoms with Gasteiger partial charge in [0.25, 0.3) is 0 Å². The lowest BCUT2D eigenvalue weighted by atomic mass is 10.2. The Hall–Kier alpha value is -2.02. The molecule has 21 heavy (non-hydrogen) atoms. The first-order valence-corrected chi connectivity index (χ1v) is 6.70. The van der Waals surface area contributed by atoms with Gasteiger partial charge < -0.3 is 23.9 Å². The molecule has 0 aliphatic heterocycles. The van der Waals surface area contributed by atoms with Crippen LogP contribution in [0.3, 0.4) is 0 Å². The summed E-state index contributed by atoms with van der Waals surface area (Å²) in [5, 5.41) is 3.20. The highest BCUT2D eigenvalue weighted by Crippen LogP contribution is 2.29. The second-order valence-electron chi connectivity index (χ2n) is 4.79. The van der Waals surface area contributed by atoms with Gasteiger partial charge in [0.1, 0.15) is 0 Å². The molecule has 2 atom stereocenters. The van der Waals surface area contributed by atoms with E-state index in [2.05, 4.69) is 10.1 Å². The molecule has 0 aromatic carbocycles. The van der Waals surface area contributed by atoms with E-state index in [0.717, 1.165) is 19.3 Å². The van der Waals surface area contributed by atoms with Crippen LogP contribution in [0.15, 0.2) is 15.3 Å². The minimum Gasteiger partial charge on any atom is -0.488 e. The van der Waals surface area contributed by atoms with Gasteiger partial charge in [-0.15, -0.1) is 0 Å². The zero-order valence-electron chi connectivity index (χ0n) is 12.3. The Labute approximate surface area is 122 Å². The summed E-state index contributed by atoms with van der Waals surface area (Å²) in [6.07, 6.45) is 2.95. The molecule has 1 fully saturated rings. The highest BCUT2D eigenvalue weighted by atomic mass is 16.5. The number of anilines is 1. The summed E-state index contributed by atoms with van der Waals surface area (Å²) in [5.74, 6) is -0.852. The average molecular weight is 297 g/mol. The molecule has 7 nitrogen and oxygen atoms in total. The summed E-state index contributed by atoms with van der Waals surface area (Å²) in [4.78, 5) is 23.4. The lowest BCUT2D eigenvalue weighted by molar-refractivity contribution is 0.0559. The van der Waals surface area contributed by atoms with Crippen LogP contribution in [0.2, 0.25) is 0 Å². The van der Waals surface area contributed by atoms with Crippen LogP contribution >= 0.6 is 0 Å². The Balaban J connectivity index is 2.34. The van der Waals surface area contributed by atoms with Crippen LogP contribution < -0.4 is 15.7 Å². The standard InChI is InChI=1S/C14H19NO6/c1-18-10-6-4-5-8(10)15-9-7-11(13(16)20-3)21-14(17)12(9)19-2/h7-8,10,15H,4-6H2,1-3H3. The maximum absolute atomic E-state index is 11.9. The third-order valence-corrected chi connectivity index (χ3v) is 3.60. The molecule has 1 N–H and O–H groups in total. The molecule has 1 heterocycles. The minimum absolute atomic E-state index is 0.0319. The Kier molecular flexibility index (Phi) is 4.85. The summed E-state index contributed by atoms with van der Waals surface area (Å²) < 4.78 is 19.9. The van der Waals surface area contributed by atoms with Gasteiger partial charge in [0, 0.05) is 13.2 Å². The molecule has 0 spiro atoms. The molecule has 1 aliphatic rings. The number of rotatable bonds is 5. The van der Waals surface area contributed by atoms with E-state index in [-0.39, 0.29) is 23.7 Å². The van der Waals surface area contributed by atoms with Crippen LogP contribution in [-0.2, 0) is 9.47 Å². The Morgan fingerprint density at radius 3 is 2.71 bits per heavy atom. The highest BCUT2D eigenvalue weighted by Gasteiger charge is 2.29. The van der Waals surface area contributed by atoms with E-state index >= 15 is 0 Å². The van der Waals surface area contributed by atoms with Crippen LogP contribution in [0.5, 0.6) is 5.75 Å². The van der Waals surface area contributed by atoms with Crippen molar-refractivity contribution in [1.29, 1.82) is 0 Å². The predicted octanol–water partition coefficient (Wildman–Crippen LogP) is 1.41. The van der Waals surface area contributed by atoms with Gasteiger partial charge in [0.2, 0.25) is 11.5 Å². The summed E-state index contributed by atoms with van der Waals surface area (Å²) in [7, 11) is 4.25. The summed E-state index contributed by atoms with van der Waals surface area (Å²) >= 11 is 0. The van der Waals surface area contributed by atoms with Gasteiger partial charge >= 0.3 is 11.6 Å². The second-order valence-corrected chi connectivity index (χ2v) is 4.79. The molecule has 0 amide bonds. The van der Waals surface area contributed by atoms with Crippen molar-refractivity contribution in [2.24, 2.45) is 0 Å². The number of nitrogens with one attached hydrogen (secondary N) is 1. The van der Waals surface area contributed by atoms with Crippen molar-refractivity contribution < 1.29 is 23.4 Å². The molecule has 2 rings (SSSR count). The van der Waals surface area contributed by atoms with Crippen molar-refractivity contribution in [1.82, 2.24) is 0 Å². The first-order chi connectivity index (χ1) is 10.1. The van der Waals surface area contributed by atoms with E-state index in [4.69, 9.17) is 13.9 Å². The fourth-order valence-electron chi connectivity index (χ4n) is 2.56. The van der Waals surface area contributed by atoms with Crippen LogP contribution in [0.4, 0.5) is 5.69 Å². The van der Waals surface area contributed by atoms with Crippen LogP contribution in [-0.4, -0.2) is 39.4 Å². The van der Waals surface area contributed by atoms with E-state index in [1.807, 2.05) is 0 Å². The molecular weight excluding hydrogens is 278 g/mol. The Morgan fingerprint density at radius 2 is 2.10 bits per heavy atom. The summed E-state index contributed by atoms with van der Waals surface area (Å²) in [5.41, 5.74) is -0.321. The number of esters is 1. The second kappa shape index (κ2) is 6.62. The lowest BCUT2D eigenvalue weighted by Gasteiger charge is -2.21. The predicted molar refractivity (Wildman–Crippen MR) is 74.9 cm³/mol. The third kappa shape index (κ3) is 3.18. The fraction of sp³-hybridized carbons (Fsp3) is 0.571. The van der Waals surface area contributed by atoms with Gasteiger partial charge in [-0.1, -0.05) is 0 Å². The Bertz CT molecular complexity index is 567. The molecule has 2 unspecified atom stereocenters. The maximum Gasteiger partial charge on any atom is 0.381 e. The van der Waals surface area contributed by atoms with Gasteiger partial charge in [-0.3, -0.25) is 0 Å². The van der Waals surface area contributed by atoms with Crippen LogP contribution in [0, 0.1) is 0 Å². The van der Waals surface area contributed by atoms with Crippen LogP contribution in [0.1, 0.15) is 29.8 Å². The van der Waals surface area contributed by atoms with E-state index in [1.165, 1.54) is 20.3 Å². The summed E-state index contributed by atoms with van der Waals surface area (Å²) in [6.45, 7) is 0. The minimum atomic E-state index is -0.727. The quantitative estimate of drug-likeness (QED) is 0.822. The van der Waals surface area contributed by atoms with Gasteiger partial charge in [-0.25, -0.2) is 9.59 Å². The van der Waals surface area contributed by atoms with Gasteiger partial charge in [0.05, 0.1) is 32.1 Å². The van der Waals surface area contributed by atoms with E-state index in [9.17, 15) is 9.59 Å². The zero-order valence-corrected chi connectivity index (χ0v) is 12.3. The first-order valence-electron chi connectivity index (χ1n) is 6.70. The van der Waals surface area contributed by atoms with E-state index < -0.39 is 11.6 Å². The number of hydrogen-bond donors (Lipinski definition) is 1. The number of ether oxygens (including phenoxy) is 3. The van der Waals surface area contributed by atoms with Crippen molar-refractivity contribution in [3.05, 3.63) is 22.2 Å². The smallest absolute Gasteiger partial charge is 0.381 e. The number of carbonyl (C=O) groups excluding carboxylic acids is 1. The first kappa shape index (κ1) is 15.4. The fourth-order valence-corrected chi connectivity index (χ4v) is 2.56. The molecule has 116 valence electrons. The highest BCUT2D eigenvalue weighted by molar-refractivity contribution is 5.87. The van der Waals surface area contributed by atoms with Crippen molar-refractivity contribution in [3.63, 3.8) is 0 Å². The topological polar surface area (TPSA) is 87.0 Å². The molecule has 0 saturated heterocycles. The largest absolute Gasteiger partial charge is 0.488 e. The third-order valence-electron chi connectivity index (χ3n) is 3.60.